The van der Waals surface area contributed by atoms with Crippen LogP contribution in [-0.4, -0.2) is 37.8 Å². The standard InChI is InChI=1S/C10H15N3.Cr.2H2O.2O/c1-7-6-10(13(3)4)8(2)5-9(7)12-11;;;;;/h6H,5H2,1-4H3;;2*1H2;;/q;+2;;;;/p-2. The van der Waals surface area contributed by atoms with E-state index in [9.17, 15) is 0 Å². The number of nitrogens with zero attached hydrogens (tertiary/aromatic N) is 3. The van der Waals surface area contributed by atoms with Gasteiger partial charge in [0.15, 0.2) is 0 Å². The van der Waals surface area contributed by atoms with E-state index < -0.39 is 13.6 Å². The Bertz CT molecular complexity index is 517. The fourth-order valence-electron chi connectivity index (χ4n) is 1.52. The van der Waals surface area contributed by atoms with Crippen LogP contribution in [0.2, 0.25) is 0 Å². The van der Waals surface area contributed by atoms with Gasteiger partial charge >= 0.3 is 29.5 Å². The summed E-state index contributed by atoms with van der Waals surface area (Å²) in [7, 11) is 4.04. The molecule has 1 aliphatic rings. The number of hydrogen-bond donors (Lipinski definition) is 2. The topological polar surface area (TPSA) is 114 Å². The maximum atomic E-state index is 8.82. The predicted octanol–water partition coefficient (Wildman–Crippen LogP) is 0.489. The molecule has 0 atom stereocenters. The van der Waals surface area contributed by atoms with Crippen molar-refractivity contribution in [3.63, 3.8) is 0 Å². The summed E-state index contributed by atoms with van der Waals surface area (Å²) in [6.45, 7) is 4.02. The normalized spacial score (nSPS) is 15.4. The van der Waals surface area contributed by atoms with Crippen LogP contribution in [0.4, 0.5) is 0 Å². The molecule has 0 aromatic rings. The van der Waals surface area contributed by atoms with E-state index in [-0.39, 0.29) is 0 Å². The SMILES string of the molecule is CC1=CC(N(C)C)=C(C)CC1=[N+]=[N-].[O]=[Cr](=[O])([OH])[OH]. The van der Waals surface area contributed by atoms with Crippen molar-refractivity contribution < 1.29 is 34.3 Å². The van der Waals surface area contributed by atoms with Gasteiger partial charge < -0.3 is 10.4 Å². The molecule has 0 aromatic heterocycles. The third-order valence-electron chi connectivity index (χ3n) is 2.28. The quantitative estimate of drug-likeness (QED) is 0.539. The Morgan fingerprint density at radius 3 is 2.11 bits per heavy atom. The zero-order valence-electron chi connectivity index (χ0n) is 10.7. The van der Waals surface area contributed by atoms with Gasteiger partial charge in [-0.3, -0.25) is 0 Å². The zero-order chi connectivity index (χ0) is 14.5. The summed E-state index contributed by atoms with van der Waals surface area (Å²) in [5, 5.41) is 0. The summed E-state index contributed by atoms with van der Waals surface area (Å²) >= 11 is -5.25. The molecule has 102 valence electrons. The van der Waals surface area contributed by atoms with Crippen LogP contribution in [0.5, 0.6) is 0 Å². The Labute approximate surface area is 108 Å². The second kappa shape index (κ2) is 6.59. The molecule has 0 saturated heterocycles. The number of rotatable bonds is 1. The summed E-state index contributed by atoms with van der Waals surface area (Å²) in [6.07, 6.45) is 2.79. The van der Waals surface area contributed by atoms with E-state index in [0.717, 1.165) is 17.7 Å². The van der Waals surface area contributed by atoms with Crippen molar-refractivity contribution in [1.82, 2.24) is 4.90 Å². The first kappa shape index (κ1) is 16.7. The molecule has 0 aromatic carbocycles. The minimum atomic E-state index is -5.25. The monoisotopic (exact) mass is 295 g/mol. The molecule has 0 saturated carbocycles. The maximum absolute atomic E-state index is 8.82. The van der Waals surface area contributed by atoms with Crippen LogP contribution in [0.15, 0.2) is 22.9 Å². The van der Waals surface area contributed by atoms with Gasteiger partial charge in [-0.25, -0.2) is 0 Å². The third kappa shape index (κ3) is 6.45. The van der Waals surface area contributed by atoms with Crippen molar-refractivity contribution in [2.75, 3.05) is 14.1 Å². The van der Waals surface area contributed by atoms with Gasteiger partial charge in [0.1, 0.15) is 0 Å². The first-order chi connectivity index (χ1) is 8.06. The fourth-order valence-corrected chi connectivity index (χ4v) is 1.52. The molecular weight excluding hydrogens is 278 g/mol. The van der Waals surface area contributed by atoms with Crippen LogP contribution in [0.3, 0.4) is 0 Å². The van der Waals surface area contributed by atoms with Crippen molar-refractivity contribution >= 4 is 5.71 Å². The summed E-state index contributed by atoms with van der Waals surface area (Å²) in [6, 6.07) is 0. The minimum absolute atomic E-state index is 0.742. The van der Waals surface area contributed by atoms with Crippen molar-refractivity contribution in [1.29, 1.82) is 0 Å². The first-order valence-electron chi connectivity index (χ1n) is 5.02. The molecular formula is C10H17CrN3O4. The Kier molecular flexibility index (Phi) is 6.12. The van der Waals surface area contributed by atoms with E-state index >= 15 is 0 Å². The van der Waals surface area contributed by atoms with Gasteiger partial charge in [-0.05, 0) is 25.5 Å². The molecule has 1 aliphatic carbocycles. The van der Waals surface area contributed by atoms with Gasteiger partial charge in [0.25, 0.3) is 5.71 Å². The molecule has 0 amide bonds. The molecule has 0 radical (unpaired) electrons. The molecule has 7 nitrogen and oxygen atoms in total. The number of likely N-dealkylation sites (N-methyl/N-ethyl adjacent to an activating group) is 1. The average Bonchev–Trinajstić information content (AvgIpc) is 2.18. The second-order valence-corrected chi connectivity index (χ2v) is 5.46. The number of allylic oxidation sites excluding steroid dienone is 3. The fraction of sp³-hybridized carbons (Fsp3) is 0.500. The Morgan fingerprint density at radius 1 is 1.33 bits per heavy atom. The van der Waals surface area contributed by atoms with Crippen LogP contribution >= 0.6 is 0 Å². The van der Waals surface area contributed by atoms with Crippen molar-refractivity contribution in [3.8, 4) is 0 Å². The molecule has 2 N–H and O–H groups in total. The molecule has 18 heavy (non-hydrogen) atoms. The molecule has 0 aliphatic heterocycles. The van der Waals surface area contributed by atoms with Gasteiger partial charge in [-0.15, -0.1) is 0 Å². The van der Waals surface area contributed by atoms with Crippen LogP contribution in [0.25, 0.3) is 5.53 Å². The molecule has 8 heteroatoms. The Hall–Kier alpha value is -1.29. The van der Waals surface area contributed by atoms with Gasteiger partial charge in [-0.1, -0.05) is 0 Å². The summed E-state index contributed by atoms with van der Waals surface area (Å²) < 4.78 is 31.9. The Morgan fingerprint density at radius 2 is 1.78 bits per heavy atom. The third-order valence-corrected chi connectivity index (χ3v) is 2.28. The van der Waals surface area contributed by atoms with E-state index in [2.05, 4.69) is 16.6 Å². The molecule has 0 unspecified atom stereocenters. The number of hydrogen-bond acceptors (Lipinski definition) is 3. The predicted molar refractivity (Wildman–Crippen MR) is 59.2 cm³/mol. The second-order valence-electron chi connectivity index (χ2n) is 4.06. The summed E-state index contributed by atoms with van der Waals surface area (Å²) in [5.41, 5.74) is 13.0. The summed E-state index contributed by atoms with van der Waals surface area (Å²) in [4.78, 5) is 5.34. The Balaban J connectivity index is 0.000000494. The van der Waals surface area contributed by atoms with E-state index in [1.807, 2.05) is 27.1 Å². The van der Waals surface area contributed by atoms with Crippen molar-refractivity contribution in [2.24, 2.45) is 0 Å². The van der Waals surface area contributed by atoms with Crippen molar-refractivity contribution in [3.05, 3.63) is 28.5 Å². The first-order valence-corrected chi connectivity index (χ1v) is 7.21. The van der Waals surface area contributed by atoms with E-state index in [4.69, 9.17) is 21.5 Å². The molecule has 0 fully saturated rings. The van der Waals surface area contributed by atoms with E-state index in [1.165, 1.54) is 11.3 Å². The van der Waals surface area contributed by atoms with Crippen LogP contribution in [0, 0.1) is 0 Å². The van der Waals surface area contributed by atoms with Gasteiger partial charge in [0, 0.05) is 25.4 Å². The van der Waals surface area contributed by atoms with E-state index in [0.29, 0.717) is 0 Å². The zero-order valence-corrected chi connectivity index (χ0v) is 12.0. The molecule has 0 spiro atoms. The molecule has 0 bridgehead atoms. The van der Waals surface area contributed by atoms with Gasteiger partial charge in [0.05, 0.1) is 6.42 Å². The van der Waals surface area contributed by atoms with E-state index in [1.54, 1.807) is 0 Å². The van der Waals surface area contributed by atoms with Crippen LogP contribution in [0.1, 0.15) is 20.3 Å². The average molecular weight is 295 g/mol. The summed E-state index contributed by atoms with van der Waals surface area (Å²) in [5.74, 6) is 0. The molecule has 0 heterocycles. The molecule has 1 rings (SSSR count). The van der Waals surface area contributed by atoms with Gasteiger partial charge in [-0.2, -0.15) is 4.79 Å². The van der Waals surface area contributed by atoms with Crippen molar-refractivity contribution in [2.45, 2.75) is 20.3 Å². The van der Waals surface area contributed by atoms with Crippen LogP contribution in [-0.2, 0) is 21.2 Å². The van der Waals surface area contributed by atoms with Crippen LogP contribution < -0.4 is 0 Å². The van der Waals surface area contributed by atoms with Gasteiger partial charge in [0.2, 0.25) is 0 Å².